The minimum atomic E-state index is -0.999. The fraction of sp³-hybridized carbons (Fsp3) is 0.250. The van der Waals surface area contributed by atoms with Crippen molar-refractivity contribution in [2.24, 2.45) is 0 Å². The third kappa shape index (κ3) is 5.91. The first kappa shape index (κ1) is 15.0. The predicted octanol–water partition coefficient (Wildman–Crippen LogP) is 0.819. The number of carbonyl (C=O) groups is 3. The Morgan fingerprint density at radius 2 is 1.68 bits per heavy atom. The standard InChI is InChI=1S/C12H13NO5S/c14-10(6-19-7-11(15)16)13-5-8-1-3-9(4-2-8)12(17)18/h1-4H,5-7H2,(H,13,14)(H,15,16)(H,17,18). The van der Waals surface area contributed by atoms with Crippen molar-refractivity contribution in [2.45, 2.75) is 6.54 Å². The van der Waals surface area contributed by atoms with Crippen molar-refractivity contribution in [1.82, 2.24) is 5.32 Å². The highest BCUT2D eigenvalue weighted by atomic mass is 32.2. The molecule has 3 N–H and O–H groups in total. The van der Waals surface area contributed by atoms with Crippen LogP contribution in [0.3, 0.4) is 0 Å². The summed E-state index contributed by atoms with van der Waals surface area (Å²) in [4.78, 5) is 32.2. The lowest BCUT2D eigenvalue weighted by Gasteiger charge is -2.05. The van der Waals surface area contributed by atoms with Crippen molar-refractivity contribution in [1.29, 1.82) is 0 Å². The smallest absolute Gasteiger partial charge is 0.335 e. The summed E-state index contributed by atoms with van der Waals surface area (Å²) >= 11 is 1.02. The van der Waals surface area contributed by atoms with Gasteiger partial charge in [0.1, 0.15) is 0 Å². The minimum absolute atomic E-state index is 0.0828. The Morgan fingerprint density at radius 3 is 2.21 bits per heavy atom. The van der Waals surface area contributed by atoms with Crippen LogP contribution in [0.4, 0.5) is 0 Å². The maximum absolute atomic E-state index is 11.4. The molecule has 0 bridgehead atoms. The largest absolute Gasteiger partial charge is 0.481 e. The van der Waals surface area contributed by atoms with Crippen LogP contribution in [0, 0.1) is 0 Å². The minimum Gasteiger partial charge on any atom is -0.481 e. The van der Waals surface area contributed by atoms with Crippen LogP contribution in [0.5, 0.6) is 0 Å². The molecule has 19 heavy (non-hydrogen) atoms. The highest BCUT2D eigenvalue weighted by Gasteiger charge is 2.05. The van der Waals surface area contributed by atoms with Crippen LogP contribution < -0.4 is 5.32 Å². The predicted molar refractivity (Wildman–Crippen MR) is 70.2 cm³/mol. The van der Waals surface area contributed by atoms with Crippen LogP contribution in [0.15, 0.2) is 24.3 Å². The normalized spacial score (nSPS) is 9.89. The number of benzene rings is 1. The van der Waals surface area contributed by atoms with Gasteiger partial charge < -0.3 is 15.5 Å². The average molecular weight is 283 g/mol. The van der Waals surface area contributed by atoms with E-state index < -0.39 is 11.9 Å². The first-order valence-corrected chi connectivity index (χ1v) is 6.53. The molecule has 0 heterocycles. The second kappa shape index (κ2) is 7.42. The third-order valence-electron chi connectivity index (χ3n) is 2.15. The summed E-state index contributed by atoms with van der Waals surface area (Å²) < 4.78 is 0. The molecule has 0 atom stereocenters. The molecular formula is C12H13NO5S. The molecule has 0 aliphatic rings. The fourth-order valence-electron chi connectivity index (χ4n) is 1.25. The molecule has 0 radical (unpaired) electrons. The number of amides is 1. The topological polar surface area (TPSA) is 104 Å². The SMILES string of the molecule is O=C(O)CSCC(=O)NCc1ccc(C(=O)O)cc1. The van der Waals surface area contributed by atoms with Crippen molar-refractivity contribution in [3.8, 4) is 0 Å². The zero-order valence-corrected chi connectivity index (χ0v) is 10.8. The molecule has 0 fully saturated rings. The maximum atomic E-state index is 11.4. The fourth-order valence-corrected chi connectivity index (χ4v) is 1.81. The summed E-state index contributed by atoms with van der Waals surface area (Å²) in [6.45, 7) is 0.284. The van der Waals surface area contributed by atoms with E-state index in [0.717, 1.165) is 17.3 Å². The van der Waals surface area contributed by atoms with Gasteiger partial charge in [0.2, 0.25) is 5.91 Å². The number of aliphatic carboxylic acids is 1. The number of carboxylic acids is 2. The number of carbonyl (C=O) groups excluding carboxylic acids is 1. The Balaban J connectivity index is 2.33. The van der Waals surface area contributed by atoms with Crippen LogP contribution in [0.1, 0.15) is 15.9 Å². The van der Waals surface area contributed by atoms with Gasteiger partial charge in [0.25, 0.3) is 0 Å². The van der Waals surface area contributed by atoms with E-state index >= 15 is 0 Å². The van der Waals surface area contributed by atoms with Gasteiger partial charge in [-0.05, 0) is 17.7 Å². The number of rotatable bonds is 7. The van der Waals surface area contributed by atoms with E-state index in [1.54, 1.807) is 12.1 Å². The molecule has 0 aliphatic carbocycles. The van der Waals surface area contributed by atoms with Gasteiger partial charge in [-0.2, -0.15) is 0 Å². The highest BCUT2D eigenvalue weighted by molar-refractivity contribution is 8.00. The molecule has 1 aromatic rings. The first-order valence-electron chi connectivity index (χ1n) is 5.37. The first-order chi connectivity index (χ1) is 8.99. The Kier molecular flexibility index (Phi) is 5.87. The molecule has 7 heteroatoms. The van der Waals surface area contributed by atoms with Gasteiger partial charge in [0, 0.05) is 6.54 Å². The Labute approximate surface area is 113 Å². The van der Waals surface area contributed by atoms with Gasteiger partial charge in [-0.15, -0.1) is 11.8 Å². The molecule has 0 aromatic heterocycles. The van der Waals surface area contributed by atoms with Crippen molar-refractivity contribution >= 4 is 29.6 Å². The summed E-state index contributed by atoms with van der Waals surface area (Å²) in [6.07, 6.45) is 0. The average Bonchev–Trinajstić information content (AvgIpc) is 2.36. The van der Waals surface area contributed by atoms with E-state index in [1.807, 2.05) is 0 Å². The van der Waals surface area contributed by atoms with E-state index in [-0.39, 0.29) is 29.5 Å². The van der Waals surface area contributed by atoms with E-state index in [1.165, 1.54) is 12.1 Å². The van der Waals surface area contributed by atoms with Gasteiger partial charge in [0.05, 0.1) is 17.1 Å². The zero-order valence-electron chi connectivity index (χ0n) is 9.96. The van der Waals surface area contributed by atoms with Gasteiger partial charge in [-0.1, -0.05) is 12.1 Å². The van der Waals surface area contributed by atoms with E-state index in [9.17, 15) is 14.4 Å². The van der Waals surface area contributed by atoms with Crippen LogP contribution in [-0.4, -0.2) is 39.6 Å². The van der Waals surface area contributed by atoms with Crippen molar-refractivity contribution < 1.29 is 24.6 Å². The number of hydrogen-bond acceptors (Lipinski definition) is 4. The van der Waals surface area contributed by atoms with E-state index in [2.05, 4.69) is 5.32 Å². The third-order valence-corrected chi connectivity index (χ3v) is 3.07. The van der Waals surface area contributed by atoms with Gasteiger partial charge in [0.15, 0.2) is 0 Å². The molecule has 6 nitrogen and oxygen atoms in total. The summed E-state index contributed by atoms with van der Waals surface area (Å²) in [6, 6.07) is 6.16. The van der Waals surface area contributed by atoms with Crippen molar-refractivity contribution in [2.75, 3.05) is 11.5 Å². The van der Waals surface area contributed by atoms with E-state index in [0.29, 0.717) is 0 Å². The molecule has 0 spiro atoms. The molecule has 1 aromatic carbocycles. The van der Waals surface area contributed by atoms with Gasteiger partial charge in [-0.3, -0.25) is 9.59 Å². The summed E-state index contributed by atoms with van der Waals surface area (Å²) in [7, 11) is 0. The molecule has 0 saturated heterocycles. The van der Waals surface area contributed by atoms with Gasteiger partial charge >= 0.3 is 11.9 Å². The van der Waals surface area contributed by atoms with Crippen molar-refractivity contribution in [3.05, 3.63) is 35.4 Å². The quantitative estimate of drug-likeness (QED) is 0.684. The van der Waals surface area contributed by atoms with Crippen LogP contribution in [0.25, 0.3) is 0 Å². The summed E-state index contributed by atoms with van der Waals surface area (Å²) in [5.41, 5.74) is 0.966. The van der Waals surface area contributed by atoms with Crippen LogP contribution >= 0.6 is 11.8 Å². The molecule has 102 valence electrons. The lowest BCUT2D eigenvalue weighted by molar-refractivity contribution is -0.133. The maximum Gasteiger partial charge on any atom is 0.335 e. The Bertz CT molecular complexity index is 472. The number of nitrogens with one attached hydrogen (secondary N) is 1. The Hall–Kier alpha value is -2.02. The highest BCUT2D eigenvalue weighted by Crippen LogP contribution is 2.04. The summed E-state index contributed by atoms with van der Waals surface area (Å²) in [5, 5.41) is 19.7. The second-order valence-corrected chi connectivity index (χ2v) is 4.65. The molecule has 1 amide bonds. The lowest BCUT2D eigenvalue weighted by atomic mass is 10.1. The molecule has 0 saturated carbocycles. The van der Waals surface area contributed by atoms with Crippen LogP contribution in [-0.2, 0) is 16.1 Å². The van der Waals surface area contributed by atoms with E-state index in [4.69, 9.17) is 10.2 Å². The monoisotopic (exact) mass is 283 g/mol. The molecule has 1 rings (SSSR count). The molecular weight excluding hydrogens is 270 g/mol. The summed E-state index contributed by atoms with van der Waals surface area (Å²) in [5.74, 6) is -2.24. The zero-order chi connectivity index (χ0) is 14.3. The lowest BCUT2D eigenvalue weighted by Crippen LogP contribution is -2.25. The van der Waals surface area contributed by atoms with Crippen molar-refractivity contribution in [3.63, 3.8) is 0 Å². The number of carboxylic acid groups (broad SMARTS) is 2. The second-order valence-electron chi connectivity index (χ2n) is 3.67. The number of thioether (sulfide) groups is 1. The molecule has 0 aliphatic heterocycles. The molecule has 0 unspecified atom stereocenters. The van der Waals surface area contributed by atoms with Gasteiger partial charge in [-0.25, -0.2) is 4.79 Å². The van der Waals surface area contributed by atoms with Crippen LogP contribution in [0.2, 0.25) is 0 Å². The Morgan fingerprint density at radius 1 is 1.05 bits per heavy atom. The number of aromatic carboxylic acids is 1. The number of hydrogen-bond donors (Lipinski definition) is 3.